The van der Waals surface area contributed by atoms with Gasteiger partial charge in [0, 0.05) is 19.2 Å². The van der Waals surface area contributed by atoms with Gasteiger partial charge in [0.2, 0.25) is 0 Å². The number of rotatable bonds is 8. The van der Waals surface area contributed by atoms with E-state index in [9.17, 15) is 0 Å². The summed E-state index contributed by atoms with van der Waals surface area (Å²) in [5.74, 6) is 2.66. The van der Waals surface area contributed by atoms with Crippen LogP contribution in [0.1, 0.15) is 82.3 Å². The van der Waals surface area contributed by atoms with E-state index in [-0.39, 0.29) is 0 Å². The monoisotopic (exact) mass is 497 g/mol. The molecular weight excluding hydrogens is 462 g/mol. The molecule has 0 N–H and O–H groups in total. The first-order valence-corrected chi connectivity index (χ1v) is 15.0. The Bertz CT molecular complexity index is 1240. The lowest BCUT2D eigenvalue weighted by atomic mass is 9.71. The van der Waals surface area contributed by atoms with E-state index in [0.717, 1.165) is 17.8 Å². The Morgan fingerprint density at radius 1 is 0.771 bits per heavy atom. The SMILES string of the molecule is CCCC(CCC)C1CCC(c2ccc(-c3cc4sc(-c5ccc(C#N)cc5)cc4s3)cc2)CC1. The number of nitrogens with zero attached hydrogens (tertiary/aromatic N) is 1. The topological polar surface area (TPSA) is 23.8 Å². The van der Waals surface area contributed by atoms with E-state index in [1.807, 2.05) is 34.8 Å². The van der Waals surface area contributed by atoms with Crippen LogP contribution < -0.4 is 0 Å². The van der Waals surface area contributed by atoms with Gasteiger partial charge in [-0.1, -0.05) is 75.9 Å². The van der Waals surface area contributed by atoms with Crippen molar-refractivity contribution in [3.05, 3.63) is 71.8 Å². The molecule has 35 heavy (non-hydrogen) atoms. The van der Waals surface area contributed by atoms with E-state index in [1.165, 1.54) is 87.2 Å². The molecule has 0 spiro atoms. The molecule has 2 aromatic carbocycles. The van der Waals surface area contributed by atoms with E-state index in [1.54, 1.807) is 0 Å². The summed E-state index contributed by atoms with van der Waals surface area (Å²) in [4.78, 5) is 2.63. The van der Waals surface area contributed by atoms with Crippen LogP contribution in [0.4, 0.5) is 0 Å². The average Bonchev–Trinajstić information content (AvgIpc) is 3.49. The van der Waals surface area contributed by atoms with Gasteiger partial charge in [-0.05, 0) is 84.4 Å². The molecule has 1 nitrogen and oxygen atoms in total. The van der Waals surface area contributed by atoms with Crippen LogP contribution in [-0.4, -0.2) is 0 Å². The highest BCUT2D eigenvalue weighted by molar-refractivity contribution is 7.31. The first kappa shape index (κ1) is 24.3. The zero-order chi connectivity index (χ0) is 24.2. The third kappa shape index (κ3) is 5.40. The summed E-state index contributed by atoms with van der Waals surface area (Å²) in [7, 11) is 0. The number of thiophene rings is 2. The summed E-state index contributed by atoms with van der Waals surface area (Å²) in [6, 6.07) is 24.2. The van der Waals surface area contributed by atoms with Gasteiger partial charge in [0.25, 0.3) is 0 Å². The molecule has 0 unspecified atom stereocenters. The summed E-state index contributed by atoms with van der Waals surface area (Å²) in [6.07, 6.45) is 11.1. The fourth-order valence-electron chi connectivity index (χ4n) is 6.03. The van der Waals surface area contributed by atoms with Gasteiger partial charge in [-0.15, -0.1) is 22.7 Å². The summed E-state index contributed by atoms with van der Waals surface area (Å²) >= 11 is 3.73. The molecule has 5 rings (SSSR count). The van der Waals surface area contributed by atoms with Gasteiger partial charge < -0.3 is 0 Å². The van der Waals surface area contributed by atoms with E-state index in [2.05, 4.69) is 68.4 Å². The molecule has 1 saturated carbocycles. The number of fused-ring (bicyclic) bond motifs is 1. The molecule has 1 fully saturated rings. The van der Waals surface area contributed by atoms with Crippen molar-refractivity contribution in [2.45, 2.75) is 71.1 Å². The maximum atomic E-state index is 9.03. The van der Waals surface area contributed by atoms with Crippen molar-refractivity contribution in [1.29, 1.82) is 5.26 Å². The Hall–Kier alpha value is -2.41. The molecule has 0 radical (unpaired) electrons. The van der Waals surface area contributed by atoms with Crippen LogP contribution in [-0.2, 0) is 0 Å². The summed E-state index contributed by atoms with van der Waals surface area (Å²) in [5.41, 5.74) is 4.77. The molecule has 0 aliphatic heterocycles. The minimum absolute atomic E-state index is 0.711. The second kappa shape index (κ2) is 11.1. The Morgan fingerprint density at radius 3 is 1.77 bits per heavy atom. The second-order valence-corrected chi connectivity index (χ2v) is 12.4. The quantitative estimate of drug-likeness (QED) is 0.237. The highest BCUT2D eigenvalue weighted by atomic mass is 32.1. The zero-order valence-corrected chi connectivity index (χ0v) is 22.6. The fraction of sp³-hybridized carbons (Fsp3) is 0.406. The predicted octanol–water partition coefficient (Wildman–Crippen LogP) is 10.7. The third-order valence-corrected chi connectivity index (χ3v) is 10.3. The second-order valence-electron chi connectivity index (χ2n) is 10.2. The molecule has 0 bridgehead atoms. The highest BCUT2D eigenvalue weighted by Crippen LogP contribution is 2.44. The van der Waals surface area contributed by atoms with Crippen LogP contribution in [0, 0.1) is 23.2 Å². The van der Waals surface area contributed by atoms with Crippen molar-refractivity contribution in [2.24, 2.45) is 11.8 Å². The molecule has 0 atom stereocenters. The first-order chi connectivity index (χ1) is 17.2. The molecule has 0 amide bonds. The van der Waals surface area contributed by atoms with Crippen molar-refractivity contribution in [3.8, 4) is 27.0 Å². The Morgan fingerprint density at radius 2 is 1.29 bits per heavy atom. The van der Waals surface area contributed by atoms with Crippen molar-refractivity contribution in [3.63, 3.8) is 0 Å². The maximum absolute atomic E-state index is 9.03. The van der Waals surface area contributed by atoms with Gasteiger partial charge in [0.1, 0.15) is 0 Å². The molecule has 1 aliphatic rings. The normalized spacial score (nSPS) is 18.2. The average molecular weight is 498 g/mol. The predicted molar refractivity (Wildman–Crippen MR) is 153 cm³/mol. The van der Waals surface area contributed by atoms with E-state index < -0.39 is 0 Å². The van der Waals surface area contributed by atoms with Gasteiger partial charge in [0.05, 0.1) is 11.6 Å². The lowest BCUT2D eigenvalue weighted by molar-refractivity contribution is 0.209. The van der Waals surface area contributed by atoms with Crippen LogP contribution in [0.25, 0.3) is 30.3 Å². The van der Waals surface area contributed by atoms with Gasteiger partial charge >= 0.3 is 0 Å². The lowest BCUT2D eigenvalue weighted by Gasteiger charge is -2.34. The fourth-order valence-corrected chi connectivity index (χ4v) is 8.44. The maximum Gasteiger partial charge on any atom is 0.0991 e. The van der Waals surface area contributed by atoms with Crippen LogP contribution in [0.15, 0.2) is 60.7 Å². The number of hydrogen-bond donors (Lipinski definition) is 0. The summed E-state index contributed by atoms with van der Waals surface area (Å²) < 4.78 is 2.70. The Kier molecular flexibility index (Phi) is 7.71. The number of nitriles is 1. The van der Waals surface area contributed by atoms with Gasteiger partial charge in [0.15, 0.2) is 0 Å². The van der Waals surface area contributed by atoms with Crippen LogP contribution >= 0.6 is 22.7 Å². The van der Waals surface area contributed by atoms with Crippen LogP contribution in [0.5, 0.6) is 0 Å². The Balaban J connectivity index is 1.24. The smallest absolute Gasteiger partial charge is 0.0991 e. The molecule has 3 heteroatoms. The Labute approximate surface area is 218 Å². The van der Waals surface area contributed by atoms with Gasteiger partial charge in [-0.2, -0.15) is 5.26 Å². The van der Waals surface area contributed by atoms with Crippen molar-refractivity contribution in [1.82, 2.24) is 0 Å². The van der Waals surface area contributed by atoms with E-state index in [0.29, 0.717) is 5.56 Å². The number of benzene rings is 2. The number of hydrogen-bond acceptors (Lipinski definition) is 3. The zero-order valence-electron chi connectivity index (χ0n) is 20.9. The third-order valence-electron chi connectivity index (χ3n) is 7.93. The lowest BCUT2D eigenvalue weighted by Crippen LogP contribution is -2.21. The van der Waals surface area contributed by atoms with Gasteiger partial charge in [-0.25, -0.2) is 0 Å². The van der Waals surface area contributed by atoms with Crippen LogP contribution in [0.3, 0.4) is 0 Å². The van der Waals surface area contributed by atoms with Crippen molar-refractivity contribution < 1.29 is 0 Å². The van der Waals surface area contributed by atoms with Crippen molar-refractivity contribution >= 4 is 32.1 Å². The van der Waals surface area contributed by atoms with Crippen molar-refractivity contribution in [2.75, 3.05) is 0 Å². The molecule has 0 saturated heterocycles. The largest absolute Gasteiger partial charge is 0.192 e. The molecule has 2 aromatic heterocycles. The standard InChI is InChI=1S/C32H35NS2/c1-3-5-23(6-4-2)24-11-13-25(14-12-24)26-15-17-28(18-16-26)30-20-32-31(35-30)19-29(34-32)27-9-7-22(21-33)8-10-27/h7-10,15-20,23-25H,3-6,11-14H2,1-2H3. The molecule has 1 aliphatic carbocycles. The first-order valence-electron chi connectivity index (χ1n) is 13.3. The minimum atomic E-state index is 0.711. The van der Waals surface area contributed by atoms with E-state index in [4.69, 9.17) is 5.26 Å². The minimum Gasteiger partial charge on any atom is -0.192 e. The molecular formula is C32H35NS2. The molecule has 4 aromatic rings. The van der Waals surface area contributed by atoms with Crippen LogP contribution in [0.2, 0.25) is 0 Å². The highest BCUT2D eigenvalue weighted by Gasteiger charge is 2.27. The summed E-state index contributed by atoms with van der Waals surface area (Å²) in [5, 5.41) is 9.03. The van der Waals surface area contributed by atoms with Gasteiger partial charge in [-0.3, -0.25) is 0 Å². The summed E-state index contributed by atoms with van der Waals surface area (Å²) in [6.45, 7) is 4.70. The van der Waals surface area contributed by atoms with E-state index >= 15 is 0 Å². The molecule has 2 heterocycles. The molecule has 180 valence electrons.